The number of hydrogen-bond donors (Lipinski definition) is 0. The minimum atomic E-state index is 0.475. The van der Waals surface area contributed by atoms with Crippen LogP contribution in [0.25, 0.3) is 22.9 Å². The molecule has 24 heavy (non-hydrogen) atoms. The van der Waals surface area contributed by atoms with Gasteiger partial charge in [-0.3, -0.25) is 0 Å². The van der Waals surface area contributed by atoms with Gasteiger partial charge in [-0.05, 0) is 30.7 Å². The van der Waals surface area contributed by atoms with Crippen molar-refractivity contribution in [1.82, 2.24) is 4.98 Å². The molecule has 3 rings (SSSR count). The molecule has 0 fully saturated rings. The molecule has 1 heterocycles. The molecule has 0 bridgehead atoms. The zero-order valence-electron chi connectivity index (χ0n) is 12.8. The SMILES string of the molecule is Cc1ccc(-c2csc(C(C#N)=Cc3ccc(Cl)cc3Cl)n2)cc1. The third-order valence-electron chi connectivity index (χ3n) is 3.46. The van der Waals surface area contributed by atoms with Crippen LogP contribution in [0.2, 0.25) is 10.0 Å². The van der Waals surface area contributed by atoms with Crippen molar-refractivity contribution in [3.8, 4) is 17.3 Å². The Kier molecular flexibility index (Phi) is 5.01. The summed E-state index contributed by atoms with van der Waals surface area (Å²) in [4.78, 5) is 4.58. The molecule has 0 unspecified atom stereocenters. The maximum atomic E-state index is 9.48. The van der Waals surface area contributed by atoms with E-state index in [1.807, 2.05) is 36.6 Å². The van der Waals surface area contributed by atoms with E-state index in [0.717, 1.165) is 16.8 Å². The molecule has 0 saturated carbocycles. The van der Waals surface area contributed by atoms with Crippen molar-refractivity contribution in [2.45, 2.75) is 6.92 Å². The number of nitriles is 1. The topological polar surface area (TPSA) is 36.7 Å². The highest BCUT2D eigenvalue weighted by atomic mass is 35.5. The Hall–Kier alpha value is -2.12. The third-order valence-corrected chi connectivity index (χ3v) is 4.90. The zero-order valence-corrected chi connectivity index (χ0v) is 15.1. The number of halogens is 2. The highest BCUT2D eigenvalue weighted by molar-refractivity contribution is 7.11. The van der Waals surface area contributed by atoms with Gasteiger partial charge in [0.2, 0.25) is 0 Å². The molecule has 0 saturated heterocycles. The predicted molar refractivity (Wildman–Crippen MR) is 102 cm³/mol. The summed E-state index contributed by atoms with van der Waals surface area (Å²) in [6.45, 7) is 2.04. The maximum absolute atomic E-state index is 9.48. The molecule has 0 radical (unpaired) electrons. The second-order valence-electron chi connectivity index (χ2n) is 5.24. The lowest BCUT2D eigenvalue weighted by molar-refractivity contribution is 1.36. The van der Waals surface area contributed by atoms with Gasteiger partial charge in [-0.1, -0.05) is 59.1 Å². The molecule has 5 heteroatoms. The van der Waals surface area contributed by atoms with Gasteiger partial charge in [0.05, 0.1) is 11.3 Å². The summed E-state index contributed by atoms with van der Waals surface area (Å²) in [7, 11) is 0. The molecule has 1 aromatic heterocycles. The van der Waals surface area contributed by atoms with Gasteiger partial charge in [0.15, 0.2) is 0 Å². The number of aromatic nitrogens is 1. The molecule has 0 aliphatic heterocycles. The molecule has 0 atom stereocenters. The molecule has 0 aliphatic rings. The fourth-order valence-corrected chi connectivity index (χ4v) is 3.43. The summed E-state index contributed by atoms with van der Waals surface area (Å²) < 4.78 is 0. The van der Waals surface area contributed by atoms with Gasteiger partial charge in [-0.2, -0.15) is 5.26 Å². The predicted octanol–water partition coefficient (Wildman–Crippen LogP) is 6.49. The van der Waals surface area contributed by atoms with Crippen LogP contribution in [-0.4, -0.2) is 4.98 Å². The van der Waals surface area contributed by atoms with Crippen LogP contribution in [0.1, 0.15) is 16.1 Å². The van der Waals surface area contributed by atoms with Gasteiger partial charge in [0.25, 0.3) is 0 Å². The first-order valence-corrected chi connectivity index (χ1v) is 8.80. The Labute approximate surface area is 154 Å². The van der Waals surface area contributed by atoms with Crippen LogP contribution in [0.3, 0.4) is 0 Å². The zero-order chi connectivity index (χ0) is 17.1. The van der Waals surface area contributed by atoms with Crippen LogP contribution in [0, 0.1) is 18.3 Å². The highest BCUT2D eigenvalue weighted by Crippen LogP contribution is 2.29. The van der Waals surface area contributed by atoms with E-state index in [4.69, 9.17) is 23.2 Å². The fraction of sp³-hybridized carbons (Fsp3) is 0.0526. The minimum Gasteiger partial charge on any atom is -0.235 e. The normalized spacial score (nSPS) is 11.3. The van der Waals surface area contributed by atoms with Crippen LogP contribution in [0.5, 0.6) is 0 Å². The maximum Gasteiger partial charge on any atom is 0.134 e. The smallest absolute Gasteiger partial charge is 0.134 e. The van der Waals surface area contributed by atoms with Gasteiger partial charge < -0.3 is 0 Å². The quantitative estimate of drug-likeness (QED) is 0.494. The second-order valence-corrected chi connectivity index (χ2v) is 6.94. The Morgan fingerprint density at radius 2 is 1.92 bits per heavy atom. The molecule has 0 N–H and O–H groups in total. The summed E-state index contributed by atoms with van der Waals surface area (Å²) in [5, 5.41) is 13.2. The van der Waals surface area contributed by atoms with E-state index in [-0.39, 0.29) is 0 Å². The Morgan fingerprint density at radius 3 is 2.58 bits per heavy atom. The van der Waals surface area contributed by atoms with Crippen LogP contribution >= 0.6 is 34.5 Å². The Bertz CT molecular complexity index is 950. The number of thiazole rings is 1. The molecular formula is C19H12Cl2N2S. The van der Waals surface area contributed by atoms with Gasteiger partial charge in [-0.15, -0.1) is 11.3 Å². The fourth-order valence-electron chi connectivity index (χ4n) is 2.17. The standard InChI is InChI=1S/C19H12Cl2N2S/c1-12-2-4-13(5-3-12)18-11-24-19(23-18)15(10-22)8-14-6-7-16(20)9-17(14)21/h2-9,11H,1H3. The van der Waals surface area contributed by atoms with E-state index in [1.165, 1.54) is 16.9 Å². The Morgan fingerprint density at radius 1 is 1.17 bits per heavy atom. The van der Waals surface area contributed by atoms with Crippen molar-refractivity contribution in [3.63, 3.8) is 0 Å². The molecule has 2 nitrogen and oxygen atoms in total. The lowest BCUT2D eigenvalue weighted by Crippen LogP contribution is -1.84. The van der Waals surface area contributed by atoms with Crippen molar-refractivity contribution >= 4 is 46.2 Å². The number of rotatable bonds is 3. The number of aryl methyl sites for hydroxylation is 1. The van der Waals surface area contributed by atoms with E-state index < -0.39 is 0 Å². The number of nitrogens with zero attached hydrogens (tertiary/aromatic N) is 2. The molecule has 3 aromatic rings. The summed E-state index contributed by atoms with van der Waals surface area (Å²) in [6, 6.07) is 15.5. The highest BCUT2D eigenvalue weighted by Gasteiger charge is 2.10. The van der Waals surface area contributed by atoms with Crippen LogP contribution in [0.4, 0.5) is 0 Å². The van der Waals surface area contributed by atoms with Crippen molar-refractivity contribution in [2.75, 3.05) is 0 Å². The van der Waals surface area contributed by atoms with Crippen molar-refractivity contribution in [3.05, 3.63) is 74.0 Å². The van der Waals surface area contributed by atoms with Crippen molar-refractivity contribution in [2.24, 2.45) is 0 Å². The summed E-state index contributed by atoms with van der Waals surface area (Å²) in [5.74, 6) is 0. The molecule has 0 spiro atoms. The van der Waals surface area contributed by atoms with E-state index in [1.54, 1.807) is 24.3 Å². The minimum absolute atomic E-state index is 0.475. The summed E-state index contributed by atoms with van der Waals surface area (Å²) >= 11 is 13.5. The van der Waals surface area contributed by atoms with Crippen LogP contribution < -0.4 is 0 Å². The van der Waals surface area contributed by atoms with Crippen LogP contribution in [-0.2, 0) is 0 Å². The Balaban J connectivity index is 1.96. The average Bonchev–Trinajstić information content (AvgIpc) is 3.05. The molecule has 2 aromatic carbocycles. The molecule has 0 aliphatic carbocycles. The van der Waals surface area contributed by atoms with Gasteiger partial charge in [-0.25, -0.2) is 4.98 Å². The van der Waals surface area contributed by atoms with E-state index in [2.05, 4.69) is 11.1 Å². The van der Waals surface area contributed by atoms with Gasteiger partial charge in [0, 0.05) is 21.0 Å². The van der Waals surface area contributed by atoms with Gasteiger partial charge in [0.1, 0.15) is 11.1 Å². The average molecular weight is 371 g/mol. The first kappa shape index (κ1) is 16.7. The van der Waals surface area contributed by atoms with E-state index in [9.17, 15) is 5.26 Å². The van der Waals surface area contributed by atoms with Gasteiger partial charge >= 0.3 is 0 Å². The lowest BCUT2D eigenvalue weighted by atomic mass is 10.1. The monoisotopic (exact) mass is 370 g/mol. The number of hydrogen-bond acceptors (Lipinski definition) is 3. The number of allylic oxidation sites excluding steroid dienone is 1. The lowest BCUT2D eigenvalue weighted by Gasteiger charge is -2.00. The van der Waals surface area contributed by atoms with Crippen molar-refractivity contribution in [1.29, 1.82) is 5.26 Å². The molecular weight excluding hydrogens is 359 g/mol. The molecule has 0 amide bonds. The first-order valence-electron chi connectivity index (χ1n) is 7.16. The first-order chi connectivity index (χ1) is 11.6. The molecule has 118 valence electrons. The van der Waals surface area contributed by atoms with Crippen molar-refractivity contribution < 1.29 is 0 Å². The summed E-state index contributed by atoms with van der Waals surface area (Å²) in [6.07, 6.45) is 1.73. The number of benzene rings is 2. The second kappa shape index (κ2) is 7.19. The third kappa shape index (κ3) is 3.68. The van der Waals surface area contributed by atoms with E-state index in [0.29, 0.717) is 20.6 Å². The van der Waals surface area contributed by atoms with Crippen LogP contribution in [0.15, 0.2) is 47.8 Å². The van der Waals surface area contributed by atoms with E-state index >= 15 is 0 Å². The largest absolute Gasteiger partial charge is 0.235 e. The summed E-state index contributed by atoms with van der Waals surface area (Å²) in [5.41, 5.74) is 4.31.